The fourth-order valence-electron chi connectivity index (χ4n) is 2.02. The second kappa shape index (κ2) is 9.86. The van der Waals surface area contributed by atoms with E-state index in [1.165, 1.54) is 25.1 Å². The Hall–Kier alpha value is -1.31. The topological polar surface area (TPSA) is 84.5 Å². The third-order valence-electron chi connectivity index (χ3n) is 3.32. The van der Waals surface area contributed by atoms with Gasteiger partial charge in [-0.05, 0) is 38.5 Å². The molecule has 0 aliphatic rings. The molecule has 0 saturated heterocycles. The fraction of sp³-hybridized carbons (Fsp3) is 0.562. The van der Waals surface area contributed by atoms with Gasteiger partial charge in [0.1, 0.15) is 5.75 Å². The smallest absolute Gasteiger partial charge is 0.241 e. The van der Waals surface area contributed by atoms with Crippen LogP contribution in [0.1, 0.15) is 40.0 Å². The summed E-state index contributed by atoms with van der Waals surface area (Å²) in [6.45, 7) is 6.35. The molecule has 0 radical (unpaired) electrons. The summed E-state index contributed by atoms with van der Waals surface area (Å²) in [5.74, 6) is 0.0616. The molecule has 0 aliphatic carbocycles. The monoisotopic (exact) mass is 376 g/mol. The zero-order valence-electron chi connectivity index (χ0n) is 14.3. The van der Waals surface area contributed by atoms with E-state index in [1.54, 1.807) is 0 Å². The van der Waals surface area contributed by atoms with Gasteiger partial charge in [0.05, 0.1) is 22.6 Å². The van der Waals surface area contributed by atoms with Gasteiger partial charge >= 0.3 is 0 Å². The molecule has 136 valence electrons. The maximum absolute atomic E-state index is 12.4. The first-order chi connectivity index (χ1) is 11.3. The van der Waals surface area contributed by atoms with E-state index in [9.17, 15) is 13.2 Å². The zero-order chi connectivity index (χ0) is 18.2. The van der Waals surface area contributed by atoms with E-state index in [1.807, 2.05) is 6.92 Å². The van der Waals surface area contributed by atoms with Crippen LogP contribution >= 0.6 is 11.6 Å². The van der Waals surface area contributed by atoms with E-state index >= 15 is 0 Å². The highest BCUT2D eigenvalue weighted by molar-refractivity contribution is 7.89. The minimum absolute atomic E-state index is 0.0124. The molecule has 6 nitrogen and oxygen atoms in total. The average Bonchev–Trinajstić information content (AvgIpc) is 2.53. The first-order valence-corrected chi connectivity index (χ1v) is 9.90. The predicted molar refractivity (Wildman–Crippen MR) is 94.9 cm³/mol. The van der Waals surface area contributed by atoms with Gasteiger partial charge in [-0.3, -0.25) is 4.79 Å². The summed E-state index contributed by atoms with van der Waals surface area (Å²) in [4.78, 5) is 11.9. The lowest BCUT2D eigenvalue weighted by Crippen LogP contribution is -2.44. The van der Waals surface area contributed by atoms with Crippen LogP contribution in [0.3, 0.4) is 0 Å². The predicted octanol–water partition coefficient (Wildman–Crippen LogP) is 2.71. The standard InChI is InChI=1S/C16H25ClN2O4S/c1-4-6-7-10-18-16(20)12(3)19-24(21,22)13-8-9-15(23-5-2)14(17)11-13/h8-9,11-12,19H,4-7,10H2,1-3H3,(H,18,20)/t12-/m0/s1. The Labute approximate surface area is 149 Å². The van der Waals surface area contributed by atoms with Crippen molar-refractivity contribution in [2.24, 2.45) is 0 Å². The van der Waals surface area contributed by atoms with Crippen LogP contribution in [0.5, 0.6) is 5.75 Å². The Morgan fingerprint density at radius 3 is 2.58 bits per heavy atom. The maximum atomic E-state index is 12.4. The molecule has 0 fully saturated rings. The van der Waals surface area contributed by atoms with Crippen molar-refractivity contribution in [1.29, 1.82) is 0 Å². The molecular weight excluding hydrogens is 352 g/mol. The van der Waals surface area contributed by atoms with Crippen LogP contribution < -0.4 is 14.8 Å². The van der Waals surface area contributed by atoms with Crippen molar-refractivity contribution in [1.82, 2.24) is 10.0 Å². The molecule has 1 atom stereocenters. The van der Waals surface area contributed by atoms with E-state index in [0.29, 0.717) is 18.9 Å². The fourth-order valence-corrected chi connectivity index (χ4v) is 3.54. The van der Waals surface area contributed by atoms with Gasteiger partial charge in [0, 0.05) is 6.54 Å². The van der Waals surface area contributed by atoms with Crippen LogP contribution in [0, 0.1) is 0 Å². The van der Waals surface area contributed by atoms with Crippen LogP contribution in [0.15, 0.2) is 23.1 Å². The molecule has 1 rings (SSSR count). The zero-order valence-corrected chi connectivity index (χ0v) is 15.8. The summed E-state index contributed by atoms with van der Waals surface area (Å²) in [7, 11) is -3.84. The van der Waals surface area contributed by atoms with Crippen molar-refractivity contribution in [3.8, 4) is 5.75 Å². The number of amides is 1. The molecular formula is C16H25ClN2O4S. The third-order valence-corrected chi connectivity index (χ3v) is 5.15. The SMILES string of the molecule is CCCCCNC(=O)[C@H](C)NS(=O)(=O)c1ccc(OCC)c(Cl)c1. The molecule has 1 aromatic rings. The number of unbranched alkanes of at least 4 members (excludes halogenated alkanes) is 2. The molecule has 0 spiro atoms. The molecule has 0 saturated carbocycles. The molecule has 2 N–H and O–H groups in total. The quantitative estimate of drug-likeness (QED) is 0.615. The first kappa shape index (κ1) is 20.7. The molecule has 0 heterocycles. The number of carbonyl (C=O) groups excluding carboxylic acids is 1. The summed E-state index contributed by atoms with van der Waals surface area (Å²) in [6.07, 6.45) is 2.94. The lowest BCUT2D eigenvalue weighted by molar-refractivity contribution is -0.122. The number of hydrogen-bond donors (Lipinski definition) is 2. The summed E-state index contributed by atoms with van der Waals surface area (Å²) in [6, 6.07) is 3.32. The van der Waals surface area contributed by atoms with Crippen LogP contribution in [0.4, 0.5) is 0 Å². The Morgan fingerprint density at radius 2 is 2.00 bits per heavy atom. The van der Waals surface area contributed by atoms with Gasteiger partial charge in [0.25, 0.3) is 0 Å². The van der Waals surface area contributed by atoms with E-state index < -0.39 is 16.1 Å². The van der Waals surface area contributed by atoms with E-state index in [0.717, 1.165) is 19.3 Å². The summed E-state index contributed by atoms with van der Waals surface area (Å²) in [5.41, 5.74) is 0. The largest absolute Gasteiger partial charge is 0.492 e. The molecule has 8 heteroatoms. The maximum Gasteiger partial charge on any atom is 0.241 e. The molecule has 0 aliphatic heterocycles. The number of nitrogens with one attached hydrogen (secondary N) is 2. The molecule has 0 aromatic heterocycles. The molecule has 1 amide bonds. The summed E-state index contributed by atoms with van der Waals surface area (Å²) in [5, 5.41) is 2.92. The number of hydrogen-bond acceptors (Lipinski definition) is 4. The summed E-state index contributed by atoms with van der Waals surface area (Å²) >= 11 is 6.02. The number of carbonyl (C=O) groups is 1. The second-order valence-corrected chi connectivity index (χ2v) is 7.49. The molecule has 24 heavy (non-hydrogen) atoms. The Kier molecular flexibility index (Phi) is 8.52. The number of ether oxygens (including phenoxy) is 1. The van der Waals surface area contributed by atoms with Gasteiger partial charge in [-0.15, -0.1) is 0 Å². The van der Waals surface area contributed by atoms with Crippen LogP contribution in [0.25, 0.3) is 0 Å². The highest BCUT2D eigenvalue weighted by atomic mass is 35.5. The highest BCUT2D eigenvalue weighted by Crippen LogP contribution is 2.27. The summed E-state index contributed by atoms with van der Waals surface area (Å²) < 4.78 is 32.3. The minimum atomic E-state index is -3.84. The normalized spacial score (nSPS) is 12.7. The number of halogens is 1. The van der Waals surface area contributed by atoms with Gasteiger partial charge in [0.15, 0.2) is 0 Å². The number of sulfonamides is 1. The highest BCUT2D eigenvalue weighted by Gasteiger charge is 2.22. The Bertz CT molecular complexity index is 649. The minimum Gasteiger partial charge on any atom is -0.492 e. The van der Waals surface area contributed by atoms with Crippen LogP contribution in [-0.4, -0.2) is 33.5 Å². The van der Waals surface area contributed by atoms with Crippen molar-refractivity contribution in [3.63, 3.8) is 0 Å². The van der Waals surface area contributed by atoms with Crippen molar-refractivity contribution in [3.05, 3.63) is 23.2 Å². The third kappa shape index (κ3) is 6.30. The molecule has 0 bridgehead atoms. The van der Waals surface area contributed by atoms with Gasteiger partial charge in [0.2, 0.25) is 15.9 Å². The van der Waals surface area contributed by atoms with E-state index in [4.69, 9.17) is 16.3 Å². The van der Waals surface area contributed by atoms with Gasteiger partial charge in [-0.25, -0.2) is 8.42 Å². The van der Waals surface area contributed by atoms with Gasteiger partial charge < -0.3 is 10.1 Å². The second-order valence-electron chi connectivity index (χ2n) is 5.37. The van der Waals surface area contributed by atoms with Crippen molar-refractivity contribution in [2.45, 2.75) is 51.0 Å². The van der Waals surface area contributed by atoms with Crippen molar-refractivity contribution < 1.29 is 17.9 Å². The molecule has 0 unspecified atom stereocenters. The van der Waals surface area contributed by atoms with Gasteiger partial charge in [-0.1, -0.05) is 31.4 Å². The van der Waals surface area contributed by atoms with E-state index in [-0.39, 0.29) is 15.8 Å². The van der Waals surface area contributed by atoms with Crippen LogP contribution in [0.2, 0.25) is 5.02 Å². The van der Waals surface area contributed by atoms with Gasteiger partial charge in [-0.2, -0.15) is 4.72 Å². The lowest BCUT2D eigenvalue weighted by atomic mass is 10.2. The number of benzene rings is 1. The van der Waals surface area contributed by atoms with Crippen molar-refractivity contribution >= 4 is 27.5 Å². The van der Waals surface area contributed by atoms with E-state index in [2.05, 4.69) is 17.0 Å². The Morgan fingerprint density at radius 1 is 1.29 bits per heavy atom. The Balaban J connectivity index is 2.71. The lowest BCUT2D eigenvalue weighted by Gasteiger charge is -2.15. The average molecular weight is 377 g/mol. The van der Waals surface area contributed by atoms with Crippen molar-refractivity contribution in [2.75, 3.05) is 13.2 Å². The number of rotatable bonds is 10. The molecule has 1 aromatic carbocycles. The first-order valence-electron chi connectivity index (χ1n) is 8.04. The van der Waals surface area contributed by atoms with Crippen LogP contribution in [-0.2, 0) is 14.8 Å².